The topological polar surface area (TPSA) is 97.6 Å². The third kappa shape index (κ3) is 4.48. The van der Waals surface area contributed by atoms with Crippen LogP contribution in [0.4, 0.5) is 0 Å². The van der Waals surface area contributed by atoms with Crippen LogP contribution in [0.15, 0.2) is 35.0 Å². The summed E-state index contributed by atoms with van der Waals surface area (Å²) < 4.78 is 9.76. The molecule has 0 saturated heterocycles. The monoisotopic (exact) mass is 292 g/mol. The number of allylic oxidation sites excluding steroid dienone is 2. The third-order valence-electron chi connectivity index (χ3n) is 3.01. The van der Waals surface area contributed by atoms with E-state index in [2.05, 4.69) is 10.9 Å². The van der Waals surface area contributed by atoms with Gasteiger partial charge in [-0.1, -0.05) is 12.2 Å². The average molecular weight is 292 g/mol. The van der Waals surface area contributed by atoms with Crippen molar-refractivity contribution in [2.45, 2.75) is 19.3 Å². The maximum absolute atomic E-state index is 11.7. The Hall–Kier alpha value is -2.57. The summed E-state index contributed by atoms with van der Waals surface area (Å²) in [6.07, 6.45) is 7.49. The quantitative estimate of drug-likeness (QED) is 0.489. The largest absolute Gasteiger partial charge is 0.459 e. The van der Waals surface area contributed by atoms with Gasteiger partial charge in [0.05, 0.1) is 12.2 Å². The highest BCUT2D eigenvalue weighted by molar-refractivity contribution is 5.93. The average Bonchev–Trinajstić information content (AvgIpc) is 3.05. The van der Waals surface area contributed by atoms with E-state index in [1.807, 2.05) is 12.2 Å². The van der Waals surface area contributed by atoms with Crippen molar-refractivity contribution in [3.05, 3.63) is 36.3 Å². The van der Waals surface area contributed by atoms with E-state index in [0.717, 1.165) is 12.8 Å². The van der Waals surface area contributed by atoms with Crippen LogP contribution in [0.5, 0.6) is 0 Å². The molecule has 0 radical (unpaired) electrons. The van der Waals surface area contributed by atoms with Crippen LogP contribution in [-0.4, -0.2) is 24.4 Å². The lowest BCUT2D eigenvalue weighted by Gasteiger charge is -2.16. The molecule has 0 fully saturated rings. The molecule has 0 unspecified atom stereocenters. The molecule has 2 N–H and O–H groups in total. The third-order valence-corrected chi connectivity index (χ3v) is 3.01. The van der Waals surface area contributed by atoms with Crippen LogP contribution < -0.4 is 10.9 Å². The van der Waals surface area contributed by atoms with Crippen molar-refractivity contribution in [2.75, 3.05) is 6.61 Å². The van der Waals surface area contributed by atoms with E-state index in [1.165, 1.54) is 12.3 Å². The molecule has 0 saturated carbocycles. The lowest BCUT2D eigenvalue weighted by atomic mass is 9.95. The maximum Gasteiger partial charge on any atom is 0.309 e. The zero-order valence-electron chi connectivity index (χ0n) is 11.3. The Morgan fingerprint density at radius 2 is 2.14 bits per heavy atom. The number of rotatable bonds is 4. The van der Waals surface area contributed by atoms with E-state index >= 15 is 0 Å². The van der Waals surface area contributed by atoms with Gasteiger partial charge in [-0.3, -0.25) is 25.2 Å². The Balaban J connectivity index is 1.66. The summed E-state index contributed by atoms with van der Waals surface area (Å²) in [5.41, 5.74) is 4.29. The van der Waals surface area contributed by atoms with Gasteiger partial charge >= 0.3 is 11.9 Å². The highest BCUT2D eigenvalue weighted by Gasteiger charge is 2.21. The van der Waals surface area contributed by atoms with Gasteiger partial charge in [0, 0.05) is 0 Å². The SMILES string of the molecule is O=C(COC(=O)[C@H]1CC=CCC1)NNC(=O)c1ccco1. The van der Waals surface area contributed by atoms with Crippen LogP contribution in [0.3, 0.4) is 0 Å². The smallest absolute Gasteiger partial charge is 0.309 e. The van der Waals surface area contributed by atoms with Gasteiger partial charge in [0.15, 0.2) is 12.4 Å². The number of nitrogens with one attached hydrogen (secondary N) is 2. The van der Waals surface area contributed by atoms with Crippen LogP contribution in [0, 0.1) is 5.92 Å². The molecule has 1 aliphatic rings. The van der Waals surface area contributed by atoms with Gasteiger partial charge in [-0.15, -0.1) is 0 Å². The van der Waals surface area contributed by atoms with E-state index in [1.54, 1.807) is 6.07 Å². The number of carbonyl (C=O) groups is 3. The molecule has 112 valence electrons. The van der Waals surface area contributed by atoms with Crippen LogP contribution in [0.2, 0.25) is 0 Å². The fraction of sp³-hybridized carbons (Fsp3) is 0.357. The number of ether oxygens (including phenoxy) is 1. The highest BCUT2D eigenvalue weighted by Crippen LogP contribution is 2.19. The van der Waals surface area contributed by atoms with E-state index in [0.29, 0.717) is 6.42 Å². The summed E-state index contributed by atoms with van der Waals surface area (Å²) in [5.74, 6) is -1.72. The zero-order valence-corrected chi connectivity index (χ0v) is 11.3. The normalized spacial score (nSPS) is 17.0. The van der Waals surface area contributed by atoms with Crippen LogP contribution in [0.1, 0.15) is 29.8 Å². The molecule has 1 aromatic rings. The summed E-state index contributed by atoms with van der Waals surface area (Å²) in [6.45, 7) is -0.433. The van der Waals surface area contributed by atoms with Crippen molar-refractivity contribution in [1.29, 1.82) is 0 Å². The fourth-order valence-electron chi connectivity index (χ4n) is 1.89. The van der Waals surface area contributed by atoms with Gasteiger partial charge in [-0.05, 0) is 31.4 Å². The first kappa shape index (κ1) is 14.8. The minimum Gasteiger partial charge on any atom is -0.459 e. The van der Waals surface area contributed by atoms with Crippen molar-refractivity contribution < 1.29 is 23.5 Å². The summed E-state index contributed by atoms with van der Waals surface area (Å²) in [4.78, 5) is 34.6. The number of hydrogen-bond acceptors (Lipinski definition) is 5. The van der Waals surface area contributed by atoms with E-state index in [4.69, 9.17) is 9.15 Å². The first-order valence-corrected chi connectivity index (χ1v) is 6.61. The Morgan fingerprint density at radius 1 is 1.29 bits per heavy atom. The second-order valence-corrected chi connectivity index (χ2v) is 4.57. The van der Waals surface area contributed by atoms with Crippen LogP contribution in [-0.2, 0) is 14.3 Å². The first-order valence-electron chi connectivity index (χ1n) is 6.61. The maximum atomic E-state index is 11.7. The van der Waals surface area contributed by atoms with Crippen molar-refractivity contribution >= 4 is 17.8 Å². The fourth-order valence-corrected chi connectivity index (χ4v) is 1.89. The molecule has 2 rings (SSSR count). The molecule has 21 heavy (non-hydrogen) atoms. The number of esters is 1. The lowest BCUT2D eigenvalue weighted by Crippen LogP contribution is -2.43. The first-order chi connectivity index (χ1) is 10.2. The molecule has 0 aliphatic heterocycles. The van der Waals surface area contributed by atoms with Gasteiger partial charge in [-0.2, -0.15) is 0 Å². The molecule has 1 aliphatic carbocycles. The molecule has 7 nitrogen and oxygen atoms in total. The van der Waals surface area contributed by atoms with Crippen molar-refractivity contribution in [3.8, 4) is 0 Å². The number of hydrogen-bond donors (Lipinski definition) is 2. The predicted octanol–water partition coefficient (Wildman–Crippen LogP) is 0.940. The molecule has 0 bridgehead atoms. The second kappa shape index (κ2) is 7.28. The summed E-state index contributed by atoms with van der Waals surface area (Å²) >= 11 is 0. The van der Waals surface area contributed by atoms with Crippen LogP contribution >= 0.6 is 0 Å². The molecule has 1 heterocycles. The molecule has 0 spiro atoms. The summed E-state index contributed by atoms with van der Waals surface area (Å²) in [5, 5.41) is 0. The lowest BCUT2D eigenvalue weighted by molar-refractivity contribution is -0.153. The standard InChI is InChI=1S/C14H16N2O5/c17-12(15-16-13(18)11-7-4-8-20-11)9-21-14(19)10-5-2-1-3-6-10/h1-2,4,7-8,10H,3,5-6,9H2,(H,15,17)(H,16,18)/t10-/m0/s1. The highest BCUT2D eigenvalue weighted by atomic mass is 16.5. The van der Waals surface area contributed by atoms with E-state index in [-0.39, 0.29) is 11.7 Å². The number of amides is 2. The molecule has 2 amide bonds. The molecule has 1 aromatic heterocycles. The predicted molar refractivity (Wildman–Crippen MR) is 71.8 cm³/mol. The number of carbonyl (C=O) groups excluding carboxylic acids is 3. The minimum atomic E-state index is -0.616. The van der Waals surface area contributed by atoms with Gasteiger partial charge in [-0.25, -0.2) is 0 Å². The second-order valence-electron chi connectivity index (χ2n) is 4.57. The van der Waals surface area contributed by atoms with Crippen molar-refractivity contribution in [2.24, 2.45) is 5.92 Å². The van der Waals surface area contributed by atoms with Gasteiger partial charge < -0.3 is 9.15 Å². The Morgan fingerprint density at radius 3 is 2.81 bits per heavy atom. The number of furan rings is 1. The molecular formula is C14H16N2O5. The minimum absolute atomic E-state index is 0.0706. The van der Waals surface area contributed by atoms with Crippen molar-refractivity contribution in [1.82, 2.24) is 10.9 Å². The van der Waals surface area contributed by atoms with Crippen LogP contribution in [0.25, 0.3) is 0 Å². The Labute approximate surface area is 121 Å². The molecule has 1 atom stereocenters. The van der Waals surface area contributed by atoms with E-state index in [9.17, 15) is 14.4 Å². The summed E-state index contributed by atoms with van der Waals surface area (Å²) in [6, 6.07) is 3.01. The van der Waals surface area contributed by atoms with Crippen molar-refractivity contribution in [3.63, 3.8) is 0 Å². The Bertz CT molecular complexity index is 536. The molecule has 0 aromatic carbocycles. The van der Waals surface area contributed by atoms with Gasteiger partial charge in [0.1, 0.15) is 0 Å². The van der Waals surface area contributed by atoms with Gasteiger partial charge in [0.2, 0.25) is 0 Å². The number of hydrazine groups is 1. The van der Waals surface area contributed by atoms with Gasteiger partial charge in [0.25, 0.3) is 5.91 Å². The zero-order chi connectivity index (χ0) is 15.1. The molecular weight excluding hydrogens is 276 g/mol. The molecule has 7 heteroatoms. The van der Waals surface area contributed by atoms with E-state index < -0.39 is 24.4 Å². The Kier molecular flexibility index (Phi) is 5.14. The summed E-state index contributed by atoms with van der Waals surface area (Å²) in [7, 11) is 0.